The highest BCUT2D eigenvalue weighted by Crippen LogP contribution is 2.39. The van der Waals surface area contributed by atoms with Crippen molar-refractivity contribution in [3.63, 3.8) is 0 Å². The number of hydrogen-bond acceptors (Lipinski definition) is 6. The molecule has 0 radical (unpaired) electrons. The molecule has 126 valence electrons. The number of nitrogens with zero attached hydrogens (tertiary/aromatic N) is 2. The normalized spacial score (nSPS) is 11.3. The van der Waals surface area contributed by atoms with Crippen LogP contribution >= 0.6 is 22.9 Å². The van der Waals surface area contributed by atoms with Gasteiger partial charge in [0, 0.05) is 11.1 Å². The molecule has 2 aromatic carbocycles. The lowest BCUT2D eigenvalue weighted by Crippen LogP contribution is -2.11. The summed E-state index contributed by atoms with van der Waals surface area (Å²) in [6, 6.07) is 6.60. The standard InChI is InChI=1S/C16H10ClFN4O2S/c1-24-16-21-13-7(14(23)22-16)5-8(17)10(11(13)18)6-3-2-4-9-12(6)20-15(19)25-9/h2-5H,1H3,(H2,19,20)(H,21,22,23). The van der Waals surface area contributed by atoms with E-state index < -0.39 is 11.4 Å². The Labute approximate surface area is 149 Å². The van der Waals surface area contributed by atoms with E-state index in [-0.39, 0.29) is 27.5 Å². The van der Waals surface area contributed by atoms with Gasteiger partial charge in [-0.05, 0) is 12.1 Å². The lowest BCUT2D eigenvalue weighted by Gasteiger charge is -2.10. The van der Waals surface area contributed by atoms with E-state index in [2.05, 4.69) is 15.0 Å². The number of thiazole rings is 1. The topological polar surface area (TPSA) is 93.9 Å². The van der Waals surface area contributed by atoms with Gasteiger partial charge < -0.3 is 10.5 Å². The molecule has 2 heterocycles. The number of benzene rings is 2. The van der Waals surface area contributed by atoms with Crippen molar-refractivity contribution in [3.05, 3.63) is 45.5 Å². The summed E-state index contributed by atoms with van der Waals surface area (Å²) in [6.07, 6.45) is 0. The highest BCUT2D eigenvalue weighted by Gasteiger charge is 2.21. The first-order chi connectivity index (χ1) is 12.0. The van der Waals surface area contributed by atoms with Crippen molar-refractivity contribution in [3.8, 4) is 17.1 Å². The third kappa shape index (κ3) is 2.41. The molecule has 0 aliphatic heterocycles. The summed E-state index contributed by atoms with van der Waals surface area (Å²) < 4.78 is 21.0. The van der Waals surface area contributed by atoms with Gasteiger partial charge >= 0.3 is 0 Å². The molecule has 0 atom stereocenters. The van der Waals surface area contributed by atoms with Crippen molar-refractivity contribution in [1.82, 2.24) is 15.0 Å². The number of aromatic amines is 1. The Morgan fingerprint density at radius 3 is 2.88 bits per heavy atom. The molecule has 0 aliphatic carbocycles. The van der Waals surface area contributed by atoms with Gasteiger partial charge in [0.25, 0.3) is 11.6 Å². The molecule has 0 spiro atoms. The maximum atomic E-state index is 15.2. The number of rotatable bonds is 2. The number of H-pyrrole nitrogens is 1. The molecule has 6 nitrogen and oxygen atoms in total. The smallest absolute Gasteiger partial charge is 0.296 e. The summed E-state index contributed by atoms with van der Waals surface area (Å²) in [5.41, 5.74) is 6.25. The van der Waals surface area contributed by atoms with Crippen molar-refractivity contribution in [2.75, 3.05) is 12.8 Å². The fourth-order valence-corrected chi connectivity index (χ4v) is 3.75. The van der Waals surface area contributed by atoms with Crippen LogP contribution in [0.1, 0.15) is 0 Å². The third-order valence-corrected chi connectivity index (χ3v) is 4.92. The number of halogens is 2. The van der Waals surface area contributed by atoms with Gasteiger partial charge in [-0.25, -0.2) is 9.37 Å². The lowest BCUT2D eigenvalue weighted by molar-refractivity contribution is 0.380. The average molecular weight is 377 g/mol. The second-order valence-corrected chi connectivity index (χ2v) is 6.69. The van der Waals surface area contributed by atoms with Crippen LogP contribution in [0, 0.1) is 5.82 Å². The Kier molecular flexibility index (Phi) is 3.59. The Hall–Kier alpha value is -2.71. The molecule has 0 unspecified atom stereocenters. The first-order valence-corrected chi connectivity index (χ1v) is 8.30. The van der Waals surface area contributed by atoms with Crippen LogP contribution in [0.25, 0.3) is 32.2 Å². The highest BCUT2D eigenvalue weighted by atomic mass is 35.5. The van der Waals surface area contributed by atoms with Gasteiger partial charge in [0.05, 0.1) is 27.7 Å². The van der Waals surface area contributed by atoms with Gasteiger partial charge in [0.1, 0.15) is 5.52 Å². The van der Waals surface area contributed by atoms with E-state index in [1.807, 2.05) is 6.07 Å². The van der Waals surface area contributed by atoms with E-state index in [1.165, 1.54) is 24.5 Å². The van der Waals surface area contributed by atoms with Gasteiger partial charge in [0.15, 0.2) is 10.9 Å². The second-order valence-electron chi connectivity index (χ2n) is 5.22. The Morgan fingerprint density at radius 2 is 2.12 bits per heavy atom. The van der Waals surface area contributed by atoms with Crippen LogP contribution in [0.5, 0.6) is 6.01 Å². The predicted octanol–water partition coefficient (Wildman–Crippen LogP) is 3.58. The van der Waals surface area contributed by atoms with Gasteiger partial charge in [0.2, 0.25) is 0 Å². The SMILES string of the molecule is COc1nc2c(F)c(-c3cccc4sc(N)nc34)c(Cl)cc2c(=O)[nH]1. The van der Waals surface area contributed by atoms with Crippen molar-refractivity contribution in [2.45, 2.75) is 0 Å². The molecule has 9 heteroatoms. The fourth-order valence-electron chi connectivity index (χ4n) is 2.70. The fraction of sp³-hybridized carbons (Fsp3) is 0.0625. The molecule has 4 aromatic rings. The Balaban J connectivity index is 2.12. The van der Waals surface area contributed by atoms with Gasteiger partial charge in [-0.3, -0.25) is 9.78 Å². The number of nitrogen functional groups attached to an aromatic ring is 1. The number of methoxy groups -OCH3 is 1. The van der Waals surface area contributed by atoms with Crippen molar-refractivity contribution in [2.24, 2.45) is 0 Å². The molecular weight excluding hydrogens is 367 g/mol. The summed E-state index contributed by atoms with van der Waals surface area (Å²) in [5, 5.41) is 0.495. The number of aromatic nitrogens is 3. The van der Waals surface area contributed by atoms with E-state index >= 15 is 4.39 Å². The largest absolute Gasteiger partial charge is 0.468 e. The number of nitrogens with one attached hydrogen (secondary N) is 1. The minimum atomic E-state index is -0.717. The van der Waals surface area contributed by atoms with E-state index in [4.69, 9.17) is 22.1 Å². The monoisotopic (exact) mass is 376 g/mol. The number of fused-ring (bicyclic) bond motifs is 2. The Bertz CT molecular complexity index is 1200. The molecule has 3 N–H and O–H groups in total. The molecule has 25 heavy (non-hydrogen) atoms. The average Bonchev–Trinajstić information content (AvgIpc) is 2.96. The van der Waals surface area contributed by atoms with Crippen LogP contribution in [0.3, 0.4) is 0 Å². The zero-order valence-corrected chi connectivity index (χ0v) is 14.3. The molecule has 0 fully saturated rings. The van der Waals surface area contributed by atoms with Crippen LogP contribution in [0.4, 0.5) is 9.52 Å². The van der Waals surface area contributed by atoms with Crippen molar-refractivity contribution < 1.29 is 9.13 Å². The summed E-state index contributed by atoms with van der Waals surface area (Å²) in [7, 11) is 1.33. The van der Waals surface area contributed by atoms with Crippen LogP contribution in [-0.2, 0) is 0 Å². The first kappa shape index (κ1) is 15.8. The molecule has 0 amide bonds. The van der Waals surface area contributed by atoms with Crippen molar-refractivity contribution >= 4 is 49.2 Å². The third-order valence-electron chi connectivity index (χ3n) is 3.77. The summed E-state index contributed by atoms with van der Waals surface area (Å²) in [6.45, 7) is 0. The number of para-hydroxylation sites is 1. The van der Waals surface area contributed by atoms with E-state index in [1.54, 1.807) is 12.1 Å². The van der Waals surface area contributed by atoms with Crippen LogP contribution in [0.15, 0.2) is 29.1 Å². The molecule has 0 saturated carbocycles. The number of hydrogen-bond donors (Lipinski definition) is 2. The minimum Gasteiger partial charge on any atom is -0.468 e. The molecule has 4 rings (SSSR count). The maximum Gasteiger partial charge on any atom is 0.296 e. The molecule has 2 aromatic heterocycles. The first-order valence-electron chi connectivity index (χ1n) is 7.11. The summed E-state index contributed by atoms with van der Waals surface area (Å²) in [4.78, 5) is 22.8. The summed E-state index contributed by atoms with van der Waals surface area (Å²) in [5.74, 6) is -0.717. The molecular formula is C16H10ClFN4O2S. The van der Waals surface area contributed by atoms with Crippen molar-refractivity contribution in [1.29, 1.82) is 0 Å². The van der Waals surface area contributed by atoms with Gasteiger partial charge in [-0.2, -0.15) is 4.98 Å². The number of anilines is 1. The van der Waals surface area contributed by atoms with E-state index in [0.717, 1.165) is 4.70 Å². The number of ether oxygens (including phenoxy) is 1. The zero-order valence-electron chi connectivity index (χ0n) is 12.8. The van der Waals surface area contributed by atoms with Gasteiger partial charge in [-0.1, -0.05) is 35.1 Å². The van der Waals surface area contributed by atoms with E-state index in [9.17, 15) is 4.79 Å². The Morgan fingerprint density at radius 1 is 1.32 bits per heavy atom. The van der Waals surface area contributed by atoms with E-state index in [0.29, 0.717) is 16.2 Å². The van der Waals surface area contributed by atoms with Crippen LogP contribution < -0.4 is 16.0 Å². The molecule has 0 saturated heterocycles. The van der Waals surface area contributed by atoms with Crippen LogP contribution in [-0.4, -0.2) is 22.1 Å². The van der Waals surface area contributed by atoms with Crippen LogP contribution in [0.2, 0.25) is 5.02 Å². The minimum absolute atomic E-state index is 0.0389. The maximum absolute atomic E-state index is 15.2. The second kappa shape index (κ2) is 5.68. The highest BCUT2D eigenvalue weighted by molar-refractivity contribution is 7.22. The summed E-state index contributed by atoms with van der Waals surface area (Å²) >= 11 is 7.58. The quantitative estimate of drug-likeness (QED) is 0.557. The molecule has 0 bridgehead atoms. The van der Waals surface area contributed by atoms with Gasteiger partial charge in [-0.15, -0.1) is 0 Å². The number of nitrogens with two attached hydrogens (primary N) is 1. The molecule has 0 aliphatic rings. The predicted molar refractivity (Wildman–Crippen MR) is 96.9 cm³/mol. The zero-order chi connectivity index (χ0) is 17.7. The lowest BCUT2D eigenvalue weighted by atomic mass is 10.0.